The fraction of sp³-hybridized carbons (Fsp3) is 0.412. The van der Waals surface area contributed by atoms with E-state index in [1.54, 1.807) is 16.2 Å². The van der Waals surface area contributed by atoms with Crippen molar-refractivity contribution in [3.05, 3.63) is 52.9 Å². The van der Waals surface area contributed by atoms with Gasteiger partial charge in [0.1, 0.15) is 10.6 Å². The second-order valence-electron chi connectivity index (χ2n) is 6.67. The molecule has 0 amide bonds. The first-order valence-electron chi connectivity index (χ1n) is 6.79. The third kappa shape index (κ3) is 1.70. The van der Waals surface area contributed by atoms with Crippen LogP contribution in [0.15, 0.2) is 47.3 Å². The summed E-state index contributed by atoms with van der Waals surface area (Å²) in [7, 11) is -0.922. The lowest BCUT2D eigenvalue weighted by molar-refractivity contribution is 0.538. The fourth-order valence-electron chi connectivity index (χ4n) is 3.50. The molecular formula is C17H22P+. The van der Waals surface area contributed by atoms with Gasteiger partial charge in [0.2, 0.25) is 0 Å². The molecular weight excluding hydrogens is 235 g/mol. The van der Waals surface area contributed by atoms with E-state index in [1.165, 1.54) is 17.9 Å². The number of hydrogen-bond acceptors (Lipinski definition) is 0. The smallest absolute Gasteiger partial charge is 0.0622 e. The zero-order valence-electron chi connectivity index (χ0n) is 11.8. The maximum Gasteiger partial charge on any atom is 0.145 e. The summed E-state index contributed by atoms with van der Waals surface area (Å²) in [6, 6.07) is 11.1. The molecule has 0 radical (unpaired) electrons. The highest BCUT2D eigenvalue weighted by Gasteiger charge is 2.67. The zero-order valence-corrected chi connectivity index (χ0v) is 12.7. The molecule has 0 N–H and O–H groups in total. The van der Waals surface area contributed by atoms with Crippen molar-refractivity contribution in [2.75, 3.05) is 12.3 Å². The molecule has 1 spiro atoms. The Balaban J connectivity index is 2.03. The first kappa shape index (κ1) is 12.2. The van der Waals surface area contributed by atoms with Gasteiger partial charge in [-0.1, -0.05) is 51.1 Å². The Morgan fingerprint density at radius 3 is 2.22 bits per heavy atom. The van der Waals surface area contributed by atoms with Gasteiger partial charge in [0.25, 0.3) is 0 Å². The maximum absolute atomic E-state index is 2.48. The Morgan fingerprint density at radius 1 is 1.06 bits per heavy atom. The van der Waals surface area contributed by atoms with Gasteiger partial charge in [-0.25, -0.2) is 0 Å². The van der Waals surface area contributed by atoms with Crippen molar-refractivity contribution in [3.63, 3.8) is 0 Å². The molecule has 0 saturated heterocycles. The van der Waals surface area contributed by atoms with Crippen LogP contribution in [-0.4, -0.2) is 12.3 Å². The third-order valence-electron chi connectivity index (χ3n) is 4.06. The molecule has 1 heteroatoms. The van der Waals surface area contributed by atoms with Crippen LogP contribution in [0.3, 0.4) is 0 Å². The lowest BCUT2D eigenvalue weighted by atomic mass is 9.95. The quantitative estimate of drug-likeness (QED) is 0.467. The summed E-state index contributed by atoms with van der Waals surface area (Å²) in [5.41, 5.74) is 3.44. The Hall–Kier alpha value is -0.870. The predicted molar refractivity (Wildman–Crippen MR) is 83.2 cm³/mol. The second kappa shape index (κ2) is 3.81. The molecule has 1 aromatic carbocycles. The van der Waals surface area contributed by atoms with E-state index < -0.39 is 7.26 Å². The molecule has 3 rings (SSSR count). The van der Waals surface area contributed by atoms with Gasteiger partial charge in [0, 0.05) is 11.0 Å². The first-order chi connectivity index (χ1) is 8.45. The molecule has 0 aliphatic carbocycles. The fourth-order valence-corrected chi connectivity index (χ4v) is 9.35. The van der Waals surface area contributed by atoms with Crippen molar-refractivity contribution in [1.82, 2.24) is 0 Å². The van der Waals surface area contributed by atoms with Gasteiger partial charge in [-0.3, -0.25) is 0 Å². The Morgan fingerprint density at radius 2 is 1.72 bits per heavy atom. The van der Waals surface area contributed by atoms with E-state index in [-0.39, 0.29) is 0 Å². The molecule has 1 aromatic rings. The number of benzene rings is 1. The monoisotopic (exact) mass is 257 g/mol. The molecule has 2 aliphatic rings. The van der Waals surface area contributed by atoms with Crippen LogP contribution in [0.5, 0.6) is 0 Å². The van der Waals surface area contributed by atoms with Crippen LogP contribution in [0.4, 0.5) is 0 Å². The lowest BCUT2D eigenvalue weighted by Gasteiger charge is -2.14. The molecule has 0 saturated carbocycles. The van der Waals surface area contributed by atoms with Crippen molar-refractivity contribution in [3.8, 4) is 0 Å². The molecule has 0 fully saturated rings. The number of allylic oxidation sites excluding steroid dienone is 3. The van der Waals surface area contributed by atoms with Gasteiger partial charge in [-0.15, -0.1) is 0 Å². The normalized spacial score (nSPS) is 26.8. The average molecular weight is 257 g/mol. The molecule has 1 unspecified atom stereocenters. The van der Waals surface area contributed by atoms with Gasteiger partial charge in [-0.05, 0) is 18.6 Å². The highest BCUT2D eigenvalue weighted by molar-refractivity contribution is 7.97. The molecule has 18 heavy (non-hydrogen) atoms. The maximum atomic E-state index is 2.48. The molecule has 0 bridgehead atoms. The van der Waals surface area contributed by atoms with Crippen molar-refractivity contribution in [2.45, 2.75) is 27.7 Å². The highest BCUT2D eigenvalue weighted by atomic mass is 31.2. The minimum atomic E-state index is -0.922. The molecule has 0 nitrogen and oxygen atoms in total. The standard InChI is InChI=1S/C17H22P/c1-13-10-11-18(12-13)15(16(18)17(2,3)4)14-8-6-5-7-9-14/h5-10H,11-12H2,1-4H3/q+1. The van der Waals surface area contributed by atoms with Crippen LogP contribution in [0.1, 0.15) is 33.3 Å². The van der Waals surface area contributed by atoms with E-state index in [9.17, 15) is 0 Å². The summed E-state index contributed by atoms with van der Waals surface area (Å²) in [4.78, 5) is 0. The van der Waals surface area contributed by atoms with Crippen molar-refractivity contribution < 1.29 is 0 Å². The lowest BCUT2D eigenvalue weighted by Crippen LogP contribution is -2.03. The minimum Gasteiger partial charge on any atom is -0.0622 e. The number of rotatable bonds is 1. The highest BCUT2D eigenvalue weighted by Crippen LogP contribution is 2.94. The topological polar surface area (TPSA) is 0 Å². The van der Waals surface area contributed by atoms with Crippen LogP contribution in [-0.2, 0) is 0 Å². The van der Waals surface area contributed by atoms with Crippen molar-refractivity contribution in [2.24, 2.45) is 5.41 Å². The van der Waals surface area contributed by atoms with Crippen molar-refractivity contribution >= 4 is 12.6 Å². The largest absolute Gasteiger partial charge is 0.145 e. The summed E-state index contributed by atoms with van der Waals surface area (Å²) < 4.78 is 0. The average Bonchev–Trinajstić information content (AvgIpc) is 2.81. The molecule has 94 valence electrons. The van der Waals surface area contributed by atoms with Gasteiger partial charge < -0.3 is 0 Å². The Bertz CT molecular complexity index is 543. The minimum absolute atomic E-state index is 0.345. The van der Waals surface area contributed by atoms with Gasteiger partial charge in [0.15, 0.2) is 0 Å². The van der Waals surface area contributed by atoms with Crippen LogP contribution in [0, 0.1) is 5.41 Å². The summed E-state index contributed by atoms with van der Waals surface area (Å²) in [6.45, 7) is 9.45. The zero-order chi connectivity index (χ0) is 13.0. The first-order valence-corrected chi connectivity index (χ1v) is 8.95. The van der Waals surface area contributed by atoms with Crippen LogP contribution in [0.25, 0.3) is 5.31 Å². The van der Waals surface area contributed by atoms with E-state index >= 15 is 0 Å². The summed E-state index contributed by atoms with van der Waals surface area (Å²) >= 11 is 0. The summed E-state index contributed by atoms with van der Waals surface area (Å²) in [6.07, 6.45) is 5.16. The van der Waals surface area contributed by atoms with Crippen molar-refractivity contribution in [1.29, 1.82) is 0 Å². The van der Waals surface area contributed by atoms with Gasteiger partial charge >= 0.3 is 0 Å². The molecule has 2 aliphatic heterocycles. The van der Waals surface area contributed by atoms with E-state index in [4.69, 9.17) is 0 Å². The SMILES string of the molecule is CC1=CC[P+]2(C1)C(c1ccccc1)=C2C(C)(C)C. The van der Waals surface area contributed by atoms with E-state index in [0.29, 0.717) is 5.41 Å². The van der Waals surface area contributed by atoms with Crippen LogP contribution in [0.2, 0.25) is 0 Å². The third-order valence-corrected chi connectivity index (χ3v) is 8.77. The summed E-state index contributed by atoms with van der Waals surface area (Å²) in [5.74, 6) is 0. The Kier molecular flexibility index (Phi) is 2.58. The van der Waals surface area contributed by atoms with E-state index in [0.717, 1.165) is 0 Å². The second-order valence-corrected chi connectivity index (χ2v) is 10.2. The molecule has 1 atom stereocenters. The van der Waals surface area contributed by atoms with Gasteiger partial charge in [-0.2, -0.15) is 0 Å². The summed E-state index contributed by atoms with van der Waals surface area (Å²) in [5, 5.41) is 3.54. The predicted octanol–water partition coefficient (Wildman–Crippen LogP) is 5.39. The van der Waals surface area contributed by atoms with Crippen LogP contribution >= 0.6 is 7.26 Å². The Labute approximate surface area is 111 Å². The van der Waals surface area contributed by atoms with E-state index in [1.807, 2.05) is 0 Å². The van der Waals surface area contributed by atoms with Crippen LogP contribution < -0.4 is 0 Å². The van der Waals surface area contributed by atoms with Gasteiger partial charge in [0.05, 0.1) is 19.6 Å². The number of hydrogen-bond donors (Lipinski definition) is 0. The molecule has 2 heterocycles. The van der Waals surface area contributed by atoms with E-state index in [2.05, 4.69) is 64.1 Å². The molecule has 0 aromatic heterocycles.